The number of Topliss-reactive ketones (excluding diaryl/α,β-unsaturated/α-hetero) is 1. The van der Waals surface area contributed by atoms with Crippen molar-refractivity contribution < 1.29 is 4.79 Å². The molecule has 0 N–H and O–H groups in total. The molecule has 13 heavy (non-hydrogen) atoms. The molecule has 2 fully saturated rings. The van der Waals surface area contributed by atoms with E-state index in [1.807, 2.05) is 0 Å². The van der Waals surface area contributed by atoms with Gasteiger partial charge >= 0.3 is 0 Å². The van der Waals surface area contributed by atoms with E-state index in [1.165, 1.54) is 32.1 Å². The van der Waals surface area contributed by atoms with E-state index >= 15 is 0 Å². The van der Waals surface area contributed by atoms with Gasteiger partial charge in [0.25, 0.3) is 0 Å². The zero-order valence-corrected chi connectivity index (χ0v) is 8.94. The standard InChI is InChI=1S/C11H18OS/c12-9-6-7-11(8-9)13-10-4-2-1-3-5-10/h10-11H,1-8H2. The van der Waals surface area contributed by atoms with Gasteiger partial charge in [0, 0.05) is 23.3 Å². The first-order chi connectivity index (χ1) is 6.34. The predicted octanol–water partition coefficient (Wildman–Crippen LogP) is 3.17. The van der Waals surface area contributed by atoms with Gasteiger partial charge in [-0.15, -0.1) is 0 Å². The highest BCUT2D eigenvalue weighted by atomic mass is 32.2. The van der Waals surface area contributed by atoms with E-state index in [9.17, 15) is 4.79 Å². The summed E-state index contributed by atoms with van der Waals surface area (Å²) >= 11 is 2.11. The second-order valence-electron chi connectivity index (χ2n) is 4.30. The minimum Gasteiger partial charge on any atom is -0.300 e. The third-order valence-electron chi connectivity index (χ3n) is 3.14. The molecular weight excluding hydrogens is 180 g/mol. The summed E-state index contributed by atoms with van der Waals surface area (Å²) in [7, 11) is 0. The van der Waals surface area contributed by atoms with Gasteiger partial charge in [-0.1, -0.05) is 19.3 Å². The van der Waals surface area contributed by atoms with Crippen molar-refractivity contribution in [3.05, 3.63) is 0 Å². The lowest BCUT2D eigenvalue weighted by Crippen LogP contribution is -2.12. The van der Waals surface area contributed by atoms with Crippen LogP contribution in [0.3, 0.4) is 0 Å². The van der Waals surface area contributed by atoms with Gasteiger partial charge in [0.2, 0.25) is 0 Å². The van der Waals surface area contributed by atoms with Crippen LogP contribution in [-0.2, 0) is 4.79 Å². The number of carbonyl (C=O) groups is 1. The number of thioether (sulfide) groups is 1. The molecule has 0 heterocycles. The van der Waals surface area contributed by atoms with Crippen LogP contribution < -0.4 is 0 Å². The normalized spacial score (nSPS) is 31.1. The maximum absolute atomic E-state index is 11.1. The smallest absolute Gasteiger partial charge is 0.134 e. The molecule has 0 aromatic rings. The minimum absolute atomic E-state index is 0.494. The summed E-state index contributed by atoms with van der Waals surface area (Å²) in [6.07, 6.45) is 9.92. The molecule has 1 atom stereocenters. The summed E-state index contributed by atoms with van der Waals surface area (Å²) in [6, 6.07) is 0. The van der Waals surface area contributed by atoms with Gasteiger partial charge in [0.15, 0.2) is 0 Å². The SMILES string of the molecule is O=C1CCC(SC2CCCCC2)C1. The van der Waals surface area contributed by atoms with Gasteiger partial charge in [0.05, 0.1) is 0 Å². The van der Waals surface area contributed by atoms with E-state index in [0.717, 1.165) is 24.5 Å². The highest BCUT2D eigenvalue weighted by Crippen LogP contribution is 2.36. The lowest BCUT2D eigenvalue weighted by atomic mass is 10.0. The molecule has 0 bridgehead atoms. The van der Waals surface area contributed by atoms with Crippen LogP contribution in [0.1, 0.15) is 51.4 Å². The first-order valence-electron chi connectivity index (χ1n) is 5.52. The molecular formula is C11H18OS. The number of hydrogen-bond acceptors (Lipinski definition) is 2. The Morgan fingerprint density at radius 2 is 1.77 bits per heavy atom. The Balaban J connectivity index is 1.73. The molecule has 0 amide bonds. The zero-order chi connectivity index (χ0) is 9.10. The van der Waals surface area contributed by atoms with Crippen LogP contribution in [0.2, 0.25) is 0 Å². The Morgan fingerprint density at radius 1 is 1.00 bits per heavy atom. The highest BCUT2D eigenvalue weighted by molar-refractivity contribution is 8.00. The fourth-order valence-corrected chi connectivity index (χ4v) is 4.06. The van der Waals surface area contributed by atoms with E-state index in [0.29, 0.717) is 11.0 Å². The second-order valence-corrected chi connectivity index (χ2v) is 5.91. The first kappa shape index (κ1) is 9.57. The quantitative estimate of drug-likeness (QED) is 0.678. The Hall–Kier alpha value is 0.0200. The summed E-state index contributed by atoms with van der Waals surface area (Å²) in [5.41, 5.74) is 0. The van der Waals surface area contributed by atoms with Gasteiger partial charge < -0.3 is 0 Å². The molecule has 0 spiro atoms. The fourth-order valence-electron chi connectivity index (χ4n) is 2.37. The molecule has 74 valence electrons. The maximum atomic E-state index is 11.1. The Morgan fingerprint density at radius 3 is 2.38 bits per heavy atom. The molecule has 1 unspecified atom stereocenters. The van der Waals surface area contributed by atoms with Gasteiger partial charge in [-0.25, -0.2) is 0 Å². The average Bonchev–Trinajstić information content (AvgIpc) is 2.53. The number of hydrogen-bond donors (Lipinski definition) is 0. The molecule has 2 saturated carbocycles. The third kappa shape index (κ3) is 2.73. The van der Waals surface area contributed by atoms with Crippen molar-refractivity contribution in [1.82, 2.24) is 0 Å². The third-order valence-corrected chi connectivity index (χ3v) is 4.78. The van der Waals surface area contributed by atoms with Gasteiger partial charge in [-0.3, -0.25) is 4.79 Å². The Bertz CT molecular complexity index is 185. The van der Waals surface area contributed by atoms with Crippen molar-refractivity contribution >= 4 is 17.5 Å². The van der Waals surface area contributed by atoms with E-state index in [1.54, 1.807) is 0 Å². The average molecular weight is 198 g/mol. The topological polar surface area (TPSA) is 17.1 Å². The fraction of sp³-hybridized carbons (Fsp3) is 0.909. The van der Waals surface area contributed by atoms with Crippen molar-refractivity contribution in [1.29, 1.82) is 0 Å². The van der Waals surface area contributed by atoms with Crippen LogP contribution in [0.4, 0.5) is 0 Å². The van der Waals surface area contributed by atoms with Crippen LogP contribution in [0.25, 0.3) is 0 Å². The van der Waals surface area contributed by atoms with Crippen molar-refractivity contribution in [3.8, 4) is 0 Å². The molecule has 0 aromatic heterocycles. The maximum Gasteiger partial charge on any atom is 0.134 e. The Labute approximate surface area is 84.7 Å². The first-order valence-corrected chi connectivity index (χ1v) is 6.46. The van der Waals surface area contributed by atoms with E-state index in [2.05, 4.69) is 11.8 Å². The number of carbonyl (C=O) groups excluding carboxylic acids is 1. The van der Waals surface area contributed by atoms with Crippen LogP contribution in [0.15, 0.2) is 0 Å². The number of rotatable bonds is 2. The largest absolute Gasteiger partial charge is 0.300 e. The minimum atomic E-state index is 0.494. The summed E-state index contributed by atoms with van der Waals surface area (Å²) in [5.74, 6) is 0.494. The van der Waals surface area contributed by atoms with Gasteiger partial charge in [-0.05, 0) is 19.3 Å². The molecule has 2 rings (SSSR count). The molecule has 2 heteroatoms. The summed E-state index contributed by atoms with van der Waals surface area (Å²) < 4.78 is 0. The van der Waals surface area contributed by atoms with Crippen LogP contribution in [-0.4, -0.2) is 16.3 Å². The van der Waals surface area contributed by atoms with Gasteiger partial charge in [-0.2, -0.15) is 11.8 Å². The summed E-state index contributed by atoms with van der Waals surface area (Å²) in [5, 5.41) is 1.56. The molecule has 0 saturated heterocycles. The monoisotopic (exact) mass is 198 g/mol. The number of ketones is 1. The van der Waals surface area contributed by atoms with Crippen LogP contribution in [0.5, 0.6) is 0 Å². The molecule has 0 aromatic carbocycles. The lowest BCUT2D eigenvalue weighted by Gasteiger charge is -2.23. The Kier molecular flexibility index (Phi) is 3.31. The van der Waals surface area contributed by atoms with Crippen LogP contribution in [0, 0.1) is 0 Å². The van der Waals surface area contributed by atoms with E-state index in [-0.39, 0.29) is 0 Å². The van der Waals surface area contributed by atoms with Crippen molar-refractivity contribution in [2.45, 2.75) is 61.9 Å². The lowest BCUT2D eigenvalue weighted by molar-refractivity contribution is -0.117. The molecule has 0 aliphatic heterocycles. The van der Waals surface area contributed by atoms with E-state index < -0.39 is 0 Å². The molecule has 1 nitrogen and oxygen atoms in total. The van der Waals surface area contributed by atoms with Crippen molar-refractivity contribution in [3.63, 3.8) is 0 Å². The van der Waals surface area contributed by atoms with E-state index in [4.69, 9.17) is 0 Å². The van der Waals surface area contributed by atoms with Crippen molar-refractivity contribution in [2.75, 3.05) is 0 Å². The second kappa shape index (κ2) is 4.50. The summed E-state index contributed by atoms with van der Waals surface area (Å²) in [4.78, 5) is 11.1. The van der Waals surface area contributed by atoms with Crippen LogP contribution >= 0.6 is 11.8 Å². The highest BCUT2D eigenvalue weighted by Gasteiger charge is 2.26. The molecule has 2 aliphatic rings. The molecule has 2 aliphatic carbocycles. The van der Waals surface area contributed by atoms with Gasteiger partial charge in [0.1, 0.15) is 5.78 Å². The predicted molar refractivity (Wildman–Crippen MR) is 57.1 cm³/mol. The van der Waals surface area contributed by atoms with Crippen molar-refractivity contribution in [2.24, 2.45) is 0 Å². The summed E-state index contributed by atoms with van der Waals surface area (Å²) in [6.45, 7) is 0. The zero-order valence-electron chi connectivity index (χ0n) is 8.13. The molecule has 0 radical (unpaired) electrons.